The summed E-state index contributed by atoms with van der Waals surface area (Å²) in [5, 5.41) is 0. The highest BCUT2D eigenvalue weighted by Gasteiger charge is 2.22. The molecule has 0 saturated carbocycles. The summed E-state index contributed by atoms with van der Waals surface area (Å²) in [4.78, 5) is 0. The van der Waals surface area contributed by atoms with Crippen LogP contribution < -0.4 is 9.47 Å². The molecule has 1 aromatic rings. The molecule has 1 heterocycles. The molecule has 0 unspecified atom stereocenters. The van der Waals surface area contributed by atoms with Crippen molar-refractivity contribution in [1.29, 1.82) is 0 Å². The summed E-state index contributed by atoms with van der Waals surface area (Å²) >= 11 is 0. The molecule has 1 aliphatic heterocycles. The van der Waals surface area contributed by atoms with Gasteiger partial charge in [0.05, 0.1) is 13.2 Å². The van der Waals surface area contributed by atoms with Gasteiger partial charge < -0.3 is 14.2 Å². The normalized spacial score (nSPS) is 18.2. The first-order valence-electron chi connectivity index (χ1n) is 5.85. The molecule has 3 heteroatoms. The molecule has 1 saturated heterocycles. The van der Waals surface area contributed by atoms with E-state index < -0.39 is 0 Å². The van der Waals surface area contributed by atoms with Gasteiger partial charge in [0.15, 0.2) is 0 Å². The molecule has 0 bridgehead atoms. The average Bonchev–Trinajstić information content (AvgIpc) is 3.12. The summed E-state index contributed by atoms with van der Waals surface area (Å²) < 4.78 is 16.2. The number of hydrogen-bond donors (Lipinski definition) is 0. The minimum atomic E-state index is 0.306. The first-order valence-corrected chi connectivity index (χ1v) is 5.85. The van der Waals surface area contributed by atoms with E-state index in [1.54, 1.807) is 0 Å². The van der Waals surface area contributed by atoms with Crippen molar-refractivity contribution >= 4 is 0 Å². The molecule has 0 aliphatic carbocycles. The Morgan fingerprint density at radius 3 is 2.38 bits per heavy atom. The number of ether oxygens (including phenoxy) is 3. The lowest BCUT2D eigenvalue weighted by molar-refractivity contribution is 0.262. The van der Waals surface area contributed by atoms with Gasteiger partial charge in [-0.3, -0.25) is 0 Å². The van der Waals surface area contributed by atoms with Crippen LogP contribution in [0, 0.1) is 0 Å². The lowest BCUT2D eigenvalue weighted by Crippen LogP contribution is -2.03. The van der Waals surface area contributed by atoms with Gasteiger partial charge in [-0.05, 0) is 30.7 Å². The van der Waals surface area contributed by atoms with Crippen LogP contribution in [0.15, 0.2) is 24.3 Å². The molecule has 0 amide bonds. The quantitative estimate of drug-likeness (QED) is 0.525. The van der Waals surface area contributed by atoms with Crippen LogP contribution in [0.1, 0.15) is 19.8 Å². The van der Waals surface area contributed by atoms with Crippen LogP contribution in [-0.2, 0) is 4.74 Å². The molecule has 0 aromatic heterocycles. The van der Waals surface area contributed by atoms with Crippen LogP contribution in [0.4, 0.5) is 0 Å². The molecular weight excluding hydrogens is 204 g/mol. The zero-order valence-electron chi connectivity index (χ0n) is 9.65. The Kier molecular flexibility index (Phi) is 4.05. The van der Waals surface area contributed by atoms with Gasteiger partial charge in [0.2, 0.25) is 0 Å². The van der Waals surface area contributed by atoms with Gasteiger partial charge in [-0.2, -0.15) is 0 Å². The van der Waals surface area contributed by atoms with Gasteiger partial charge in [0, 0.05) is 0 Å². The van der Waals surface area contributed by atoms with Gasteiger partial charge in [0.25, 0.3) is 0 Å². The summed E-state index contributed by atoms with van der Waals surface area (Å²) in [6, 6.07) is 7.75. The van der Waals surface area contributed by atoms with E-state index in [0.29, 0.717) is 12.7 Å². The largest absolute Gasteiger partial charge is 0.494 e. The van der Waals surface area contributed by atoms with Crippen molar-refractivity contribution < 1.29 is 14.2 Å². The highest BCUT2D eigenvalue weighted by molar-refractivity contribution is 5.31. The van der Waals surface area contributed by atoms with E-state index in [0.717, 1.165) is 37.6 Å². The van der Waals surface area contributed by atoms with Crippen molar-refractivity contribution in [2.24, 2.45) is 0 Å². The van der Waals surface area contributed by atoms with Gasteiger partial charge in [-0.1, -0.05) is 13.3 Å². The van der Waals surface area contributed by atoms with Crippen molar-refractivity contribution in [2.45, 2.75) is 25.9 Å². The number of hydrogen-bond acceptors (Lipinski definition) is 3. The standard InChI is InChI=1S/C13H18O3/c1-2-3-8-14-11-4-6-12(7-5-11)15-9-13-10-16-13/h4-7,13H,2-3,8-10H2,1H3/t13-/m1/s1. The number of epoxide rings is 1. The summed E-state index contributed by atoms with van der Waals surface area (Å²) in [5.41, 5.74) is 0. The van der Waals surface area contributed by atoms with Crippen molar-refractivity contribution in [3.63, 3.8) is 0 Å². The molecule has 1 fully saturated rings. The third-order valence-electron chi connectivity index (χ3n) is 2.43. The lowest BCUT2D eigenvalue weighted by atomic mass is 10.3. The number of unbranched alkanes of at least 4 members (excludes halogenated alkanes) is 1. The zero-order valence-corrected chi connectivity index (χ0v) is 9.65. The highest BCUT2D eigenvalue weighted by Crippen LogP contribution is 2.19. The minimum absolute atomic E-state index is 0.306. The molecule has 3 nitrogen and oxygen atoms in total. The summed E-state index contributed by atoms with van der Waals surface area (Å²) in [6.07, 6.45) is 2.56. The fraction of sp³-hybridized carbons (Fsp3) is 0.538. The fourth-order valence-electron chi connectivity index (χ4n) is 1.32. The first kappa shape index (κ1) is 11.3. The minimum Gasteiger partial charge on any atom is -0.494 e. The molecule has 0 spiro atoms. The van der Waals surface area contributed by atoms with Crippen LogP contribution >= 0.6 is 0 Å². The second-order valence-corrected chi connectivity index (χ2v) is 3.94. The van der Waals surface area contributed by atoms with Crippen molar-refractivity contribution in [2.75, 3.05) is 19.8 Å². The summed E-state index contributed by atoms with van der Waals surface area (Å²) in [5.74, 6) is 1.78. The van der Waals surface area contributed by atoms with Crippen molar-refractivity contribution in [3.05, 3.63) is 24.3 Å². The summed E-state index contributed by atoms with van der Waals surface area (Å²) in [6.45, 7) is 4.42. The maximum atomic E-state index is 5.56. The van der Waals surface area contributed by atoms with E-state index >= 15 is 0 Å². The van der Waals surface area contributed by atoms with Crippen LogP contribution in [0.3, 0.4) is 0 Å². The molecule has 1 atom stereocenters. The maximum absolute atomic E-state index is 5.56. The monoisotopic (exact) mass is 222 g/mol. The smallest absolute Gasteiger partial charge is 0.119 e. The lowest BCUT2D eigenvalue weighted by Gasteiger charge is -2.07. The Morgan fingerprint density at radius 1 is 1.19 bits per heavy atom. The summed E-state index contributed by atoms with van der Waals surface area (Å²) in [7, 11) is 0. The Labute approximate surface area is 96.3 Å². The second-order valence-electron chi connectivity index (χ2n) is 3.94. The molecule has 0 radical (unpaired) electrons. The van der Waals surface area contributed by atoms with E-state index in [2.05, 4.69) is 6.92 Å². The molecule has 16 heavy (non-hydrogen) atoms. The van der Waals surface area contributed by atoms with Crippen LogP contribution in [0.25, 0.3) is 0 Å². The first-order chi connectivity index (χ1) is 7.88. The van der Waals surface area contributed by atoms with E-state index in [1.807, 2.05) is 24.3 Å². The van der Waals surface area contributed by atoms with Crippen molar-refractivity contribution in [1.82, 2.24) is 0 Å². The predicted octanol–water partition coefficient (Wildman–Crippen LogP) is 2.64. The number of benzene rings is 1. The Balaban J connectivity index is 1.74. The van der Waals surface area contributed by atoms with Gasteiger partial charge in [0.1, 0.15) is 24.2 Å². The Hall–Kier alpha value is -1.22. The van der Waals surface area contributed by atoms with Gasteiger partial charge in [-0.15, -0.1) is 0 Å². The van der Waals surface area contributed by atoms with E-state index in [1.165, 1.54) is 0 Å². The van der Waals surface area contributed by atoms with Crippen LogP contribution in [0.2, 0.25) is 0 Å². The molecular formula is C13H18O3. The third-order valence-corrected chi connectivity index (χ3v) is 2.43. The van der Waals surface area contributed by atoms with Gasteiger partial charge >= 0.3 is 0 Å². The van der Waals surface area contributed by atoms with Crippen LogP contribution in [0.5, 0.6) is 11.5 Å². The Morgan fingerprint density at radius 2 is 1.81 bits per heavy atom. The zero-order chi connectivity index (χ0) is 11.2. The van der Waals surface area contributed by atoms with Gasteiger partial charge in [-0.25, -0.2) is 0 Å². The van der Waals surface area contributed by atoms with E-state index in [-0.39, 0.29) is 0 Å². The third kappa shape index (κ3) is 3.74. The molecule has 2 rings (SSSR count). The van der Waals surface area contributed by atoms with E-state index in [9.17, 15) is 0 Å². The SMILES string of the molecule is CCCCOc1ccc(OC[C@@H]2CO2)cc1. The predicted molar refractivity (Wildman–Crippen MR) is 62.1 cm³/mol. The fourth-order valence-corrected chi connectivity index (χ4v) is 1.32. The second kappa shape index (κ2) is 5.75. The maximum Gasteiger partial charge on any atom is 0.119 e. The van der Waals surface area contributed by atoms with Crippen molar-refractivity contribution in [3.8, 4) is 11.5 Å². The molecule has 0 N–H and O–H groups in total. The van der Waals surface area contributed by atoms with E-state index in [4.69, 9.17) is 14.2 Å². The number of rotatable bonds is 7. The van der Waals surface area contributed by atoms with Crippen LogP contribution in [-0.4, -0.2) is 25.9 Å². The topological polar surface area (TPSA) is 31.0 Å². The molecule has 1 aliphatic rings. The average molecular weight is 222 g/mol. The molecule has 1 aromatic carbocycles. The molecule has 88 valence electrons. The highest BCUT2D eigenvalue weighted by atomic mass is 16.6. The Bertz CT molecular complexity index is 303.